The molecule has 0 unspecified atom stereocenters. The summed E-state index contributed by atoms with van der Waals surface area (Å²) in [5.41, 5.74) is 1.13. The van der Waals surface area contributed by atoms with Crippen LogP contribution in [0.5, 0.6) is 0 Å². The lowest BCUT2D eigenvalue weighted by molar-refractivity contribution is 1.09. The molecule has 12 heavy (non-hydrogen) atoms. The number of anilines is 1. The molecule has 0 aliphatic heterocycles. The molecule has 2 N–H and O–H groups in total. The molecule has 0 saturated carbocycles. The van der Waals surface area contributed by atoms with Gasteiger partial charge in [-0.15, -0.1) is 11.3 Å². The van der Waals surface area contributed by atoms with Crippen molar-refractivity contribution in [3.8, 4) is 0 Å². The van der Waals surface area contributed by atoms with E-state index in [4.69, 9.17) is 0 Å². The summed E-state index contributed by atoms with van der Waals surface area (Å²) >= 11 is 1.59. The minimum absolute atomic E-state index is 0.768. The molecule has 0 spiro atoms. The molecule has 0 bridgehead atoms. The number of nitrogens with one attached hydrogen (secondary N) is 2. The Morgan fingerprint density at radius 1 is 1.58 bits per heavy atom. The second-order valence-corrected chi connectivity index (χ2v) is 3.19. The summed E-state index contributed by atoms with van der Waals surface area (Å²) in [6.07, 6.45) is 5.43. The molecule has 0 fully saturated rings. The zero-order chi connectivity index (χ0) is 8.23. The first kappa shape index (κ1) is 7.30. The first-order valence-corrected chi connectivity index (χ1v) is 4.44. The third kappa shape index (κ3) is 1.62. The Morgan fingerprint density at radius 2 is 2.58 bits per heavy atom. The summed E-state index contributed by atoms with van der Waals surface area (Å²) in [5.74, 6) is 0. The van der Waals surface area contributed by atoms with Crippen molar-refractivity contribution in [3.63, 3.8) is 0 Å². The van der Waals surface area contributed by atoms with E-state index < -0.39 is 0 Å². The van der Waals surface area contributed by atoms with Crippen LogP contribution in [0.2, 0.25) is 0 Å². The minimum atomic E-state index is 0.768. The summed E-state index contributed by atoms with van der Waals surface area (Å²) in [5, 5.41) is 12.7. The van der Waals surface area contributed by atoms with Crippen LogP contribution in [0.25, 0.3) is 0 Å². The molecule has 5 heteroatoms. The Kier molecular flexibility index (Phi) is 2.04. The van der Waals surface area contributed by atoms with Crippen molar-refractivity contribution in [2.45, 2.75) is 6.54 Å². The van der Waals surface area contributed by atoms with Crippen LogP contribution in [0.3, 0.4) is 0 Å². The molecule has 0 atom stereocenters. The molecule has 2 heterocycles. The molecule has 0 saturated heterocycles. The Balaban J connectivity index is 1.91. The van der Waals surface area contributed by atoms with Gasteiger partial charge in [-0.1, -0.05) is 0 Å². The van der Waals surface area contributed by atoms with E-state index in [0.717, 1.165) is 17.2 Å². The molecule has 0 amide bonds. The fourth-order valence-corrected chi connectivity index (χ4v) is 1.39. The first-order chi connectivity index (χ1) is 5.95. The molecule has 2 aromatic heterocycles. The van der Waals surface area contributed by atoms with Crippen LogP contribution in [0, 0.1) is 0 Å². The number of aromatic nitrogens is 3. The highest BCUT2D eigenvalue weighted by molar-refractivity contribution is 7.13. The van der Waals surface area contributed by atoms with Crippen LogP contribution < -0.4 is 5.32 Å². The molecule has 0 aliphatic carbocycles. The molecule has 62 valence electrons. The van der Waals surface area contributed by atoms with Crippen LogP contribution in [0.1, 0.15) is 5.56 Å². The zero-order valence-corrected chi connectivity index (χ0v) is 7.14. The molecule has 0 aromatic carbocycles. The van der Waals surface area contributed by atoms with Gasteiger partial charge in [0.15, 0.2) is 5.13 Å². The number of hydrogen-bond acceptors (Lipinski definition) is 4. The van der Waals surface area contributed by atoms with E-state index >= 15 is 0 Å². The normalized spacial score (nSPS) is 10.0. The molecule has 4 nitrogen and oxygen atoms in total. The van der Waals surface area contributed by atoms with Gasteiger partial charge in [0.05, 0.1) is 6.20 Å². The van der Waals surface area contributed by atoms with Gasteiger partial charge in [0, 0.05) is 29.9 Å². The standard InChI is InChI=1S/C7H8N4S/c1-2-12-7(8-1)9-3-6-4-10-11-5-6/h1-2,4-5H,3H2,(H,8,9)(H,10,11). The van der Waals surface area contributed by atoms with E-state index in [1.165, 1.54) is 0 Å². The Morgan fingerprint density at radius 3 is 3.25 bits per heavy atom. The van der Waals surface area contributed by atoms with Crippen LogP contribution in [-0.4, -0.2) is 15.2 Å². The van der Waals surface area contributed by atoms with Crippen molar-refractivity contribution in [3.05, 3.63) is 29.5 Å². The van der Waals surface area contributed by atoms with Crippen LogP contribution in [-0.2, 0) is 6.54 Å². The Labute approximate surface area is 73.7 Å². The molecule has 2 rings (SSSR count). The van der Waals surface area contributed by atoms with Crippen LogP contribution in [0.4, 0.5) is 5.13 Å². The molecule has 0 aliphatic rings. The SMILES string of the molecule is c1csc(NCc2cn[nH]c2)n1. The highest BCUT2D eigenvalue weighted by atomic mass is 32.1. The smallest absolute Gasteiger partial charge is 0.182 e. The number of H-pyrrole nitrogens is 1. The van der Waals surface area contributed by atoms with Crippen molar-refractivity contribution < 1.29 is 0 Å². The van der Waals surface area contributed by atoms with Crippen molar-refractivity contribution in [1.29, 1.82) is 0 Å². The van der Waals surface area contributed by atoms with Gasteiger partial charge >= 0.3 is 0 Å². The quantitative estimate of drug-likeness (QED) is 0.752. The van der Waals surface area contributed by atoms with Crippen LogP contribution in [0.15, 0.2) is 24.0 Å². The number of aromatic amines is 1. The largest absolute Gasteiger partial charge is 0.357 e. The van der Waals surface area contributed by atoms with Crippen molar-refractivity contribution >= 4 is 16.5 Å². The lowest BCUT2D eigenvalue weighted by Crippen LogP contribution is -1.96. The molecular formula is C7H8N4S. The summed E-state index contributed by atoms with van der Waals surface area (Å²) in [6, 6.07) is 0. The van der Waals surface area contributed by atoms with Gasteiger partial charge in [0.2, 0.25) is 0 Å². The summed E-state index contributed by atoms with van der Waals surface area (Å²) in [4.78, 5) is 4.09. The monoisotopic (exact) mass is 180 g/mol. The van der Waals surface area contributed by atoms with Gasteiger partial charge in [0.25, 0.3) is 0 Å². The second-order valence-electron chi connectivity index (χ2n) is 2.30. The summed E-state index contributed by atoms with van der Waals surface area (Å²) in [7, 11) is 0. The van der Waals surface area contributed by atoms with E-state index in [9.17, 15) is 0 Å². The first-order valence-electron chi connectivity index (χ1n) is 3.56. The second kappa shape index (κ2) is 3.36. The van der Waals surface area contributed by atoms with E-state index in [-0.39, 0.29) is 0 Å². The van der Waals surface area contributed by atoms with Gasteiger partial charge in [-0.3, -0.25) is 5.10 Å². The van der Waals surface area contributed by atoms with Crippen molar-refractivity contribution in [2.24, 2.45) is 0 Å². The highest BCUT2D eigenvalue weighted by Crippen LogP contribution is 2.11. The van der Waals surface area contributed by atoms with Gasteiger partial charge in [0.1, 0.15) is 0 Å². The maximum absolute atomic E-state index is 4.09. The average Bonchev–Trinajstić information content (AvgIpc) is 2.74. The van der Waals surface area contributed by atoms with Gasteiger partial charge in [-0.2, -0.15) is 5.10 Å². The predicted molar refractivity (Wildman–Crippen MR) is 48.0 cm³/mol. The van der Waals surface area contributed by atoms with Crippen molar-refractivity contribution in [2.75, 3.05) is 5.32 Å². The zero-order valence-electron chi connectivity index (χ0n) is 6.32. The number of hydrogen-bond donors (Lipinski definition) is 2. The lowest BCUT2D eigenvalue weighted by Gasteiger charge is -1.97. The maximum Gasteiger partial charge on any atom is 0.182 e. The minimum Gasteiger partial charge on any atom is -0.357 e. The molecule has 2 aromatic rings. The predicted octanol–water partition coefficient (Wildman–Crippen LogP) is 1.48. The topological polar surface area (TPSA) is 53.6 Å². The van der Waals surface area contributed by atoms with Gasteiger partial charge in [-0.25, -0.2) is 4.98 Å². The summed E-state index contributed by atoms with van der Waals surface area (Å²) < 4.78 is 0. The third-order valence-corrected chi connectivity index (χ3v) is 2.16. The summed E-state index contributed by atoms with van der Waals surface area (Å²) in [6.45, 7) is 0.768. The van der Waals surface area contributed by atoms with Crippen LogP contribution >= 0.6 is 11.3 Å². The van der Waals surface area contributed by atoms with E-state index in [1.54, 1.807) is 23.7 Å². The molecule has 0 radical (unpaired) electrons. The lowest BCUT2D eigenvalue weighted by atomic mass is 10.4. The fourth-order valence-electron chi connectivity index (χ4n) is 0.863. The number of thiazole rings is 1. The third-order valence-electron chi connectivity index (χ3n) is 1.43. The number of nitrogens with zero attached hydrogens (tertiary/aromatic N) is 2. The van der Waals surface area contributed by atoms with E-state index in [1.807, 2.05) is 11.6 Å². The van der Waals surface area contributed by atoms with Gasteiger partial charge in [-0.05, 0) is 0 Å². The van der Waals surface area contributed by atoms with E-state index in [2.05, 4.69) is 20.5 Å². The Hall–Kier alpha value is -1.36. The maximum atomic E-state index is 4.09. The average molecular weight is 180 g/mol. The van der Waals surface area contributed by atoms with Crippen molar-refractivity contribution in [1.82, 2.24) is 15.2 Å². The molecular weight excluding hydrogens is 172 g/mol. The fraction of sp³-hybridized carbons (Fsp3) is 0.143. The van der Waals surface area contributed by atoms with Gasteiger partial charge < -0.3 is 5.32 Å². The number of rotatable bonds is 3. The van der Waals surface area contributed by atoms with E-state index in [0.29, 0.717) is 0 Å². The Bertz CT molecular complexity index is 279. The highest BCUT2D eigenvalue weighted by Gasteiger charge is 1.95.